The number of rotatable bonds is 16. The number of ether oxygens (including phenoxy) is 3. The van der Waals surface area contributed by atoms with Crippen molar-refractivity contribution in [2.45, 2.75) is 39.5 Å². The average Bonchev–Trinajstić information content (AvgIpc) is 2.70. The van der Waals surface area contributed by atoms with E-state index < -0.39 is 0 Å². The third-order valence-electron chi connectivity index (χ3n) is 3.71. The summed E-state index contributed by atoms with van der Waals surface area (Å²) < 4.78 is 15.9. The monoisotopic (exact) mass is 410 g/mol. The molecule has 1 aromatic rings. The lowest BCUT2D eigenvalue weighted by Gasteiger charge is -2.09. The summed E-state index contributed by atoms with van der Waals surface area (Å²) in [5.41, 5.74) is 0. The number of carbonyl (C=O) groups is 2. The lowest BCUT2D eigenvalue weighted by Crippen LogP contribution is -2.29. The number of aromatic nitrogens is 1. The smallest absolute Gasteiger partial charge is 0.320 e. The van der Waals surface area contributed by atoms with Crippen molar-refractivity contribution in [1.82, 2.24) is 10.3 Å². The summed E-state index contributed by atoms with van der Waals surface area (Å²) >= 11 is 0. The maximum atomic E-state index is 12.0. The Hall–Kier alpha value is -2.23. The van der Waals surface area contributed by atoms with Gasteiger partial charge in [-0.3, -0.25) is 10.1 Å². The predicted molar refractivity (Wildman–Crippen MR) is 112 cm³/mol. The van der Waals surface area contributed by atoms with E-state index >= 15 is 0 Å². The van der Waals surface area contributed by atoms with Gasteiger partial charge >= 0.3 is 6.03 Å². The summed E-state index contributed by atoms with van der Waals surface area (Å²) in [7, 11) is 0. The van der Waals surface area contributed by atoms with Gasteiger partial charge in [0.25, 0.3) is 0 Å². The van der Waals surface area contributed by atoms with E-state index in [1.54, 1.807) is 18.2 Å². The number of unbranched alkanes of at least 4 members (excludes halogenated alkanes) is 1. The first-order valence-corrected chi connectivity index (χ1v) is 10.2. The van der Waals surface area contributed by atoms with Gasteiger partial charge in [0, 0.05) is 26.2 Å². The molecule has 9 heteroatoms. The lowest BCUT2D eigenvalue weighted by atomic mass is 10.3. The van der Waals surface area contributed by atoms with Crippen LogP contribution in [0, 0.1) is 0 Å². The van der Waals surface area contributed by atoms with Crippen molar-refractivity contribution in [2.24, 2.45) is 0 Å². The molecule has 29 heavy (non-hydrogen) atoms. The average molecular weight is 411 g/mol. The molecule has 0 saturated heterocycles. The molecule has 1 aromatic heterocycles. The maximum Gasteiger partial charge on any atom is 0.320 e. The summed E-state index contributed by atoms with van der Waals surface area (Å²) in [6.07, 6.45) is 2.85. The van der Waals surface area contributed by atoms with E-state index in [1.807, 2.05) is 6.92 Å². The Bertz CT molecular complexity index is 586. The Kier molecular flexibility index (Phi) is 14.3. The SMILES string of the molecule is CCCCNC(=O)Nc1cccc(NC(=O)CCCOCCOCCOCC)n1. The van der Waals surface area contributed by atoms with Crippen molar-refractivity contribution in [3.8, 4) is 0 Å². The van der Waals surface area contributed by atoms with Crippen molar-refractivity contribution in [3.63, 3.8) is 0 Å². The minimum atomic E-state index is -0.312. The second-order valence-electron chi connectivity index (χ2n) is 6.22. The topological polar surface area (TPSA) is 111 Å². The molecule has 1 rings (SSSR count). The minimum Gasteiger partial charge on any atom is -0.379 e. The molecule has 0 aliphatic carbocycles. The summed E-state index contributed by atoms with van der Waals surface area (Å²) in [6.45, 7) is 7.92. The number of hydrogen-bond donors (Lipinski definition) is 3. The number of anilines is 2. The van der Waals surface area contributed by atoms with E-state index in [0.29, 0.717) is 70.7 Å². The van der Waals surface area contributed by atoms with Crippen LogP contribution in [0.3, 0.4) is 0 Å². The van der Waals surface area contributed by atoms with Crippen LogP contribution in [-0.2, 0) is 19.0 Å². The third kappa shape index (κ3) is 13.6. The first-order valence-electron chi connectivity index (χ1n) is 10.2. The Balaban J connectivity index is 2.15. The molecular formula is C20H34N4O5. The van der Waals surface area contributed by atoms with Crippen LogP contribution in [0.2, 0.25) is 0 Å². The van der Waals surface area contributed by atoms with Crippen LogP contribution >= 0.6 is 0 Å². The second-order valence-corrected chi connectivity index (χ2v) is 6.22. The standard InChI is InChI=1S/C20H34N4O5/c1-3-5-11-21-20(26)24-18-9-6-8-17(22-18)23-19(25)10-7-12-28-15-16-29-14-13-27-4-2/h6,8-9H,3-5,7,10-16H2,1-2H3,(H3,21,22,23,24,25,26). The molecule has 3 amide bonds. The molecule has 0 radical (unpaired) electrons. The van der Waals surface area contributed by atoms with Gasteiger partial charge in [0.05, 0.1) is 26.4 Å². The van der Waals surface area contributed by atoms with Gasteiger partial charge in [-0.25, -0.2) is 9.78 Å². The molecule has 9 nitrogen and oxygen atoms in total. The molecule has 0 aliphatic heterocycles. The molecule has 0 spiro atoms. The highest BCUT2D eigenvalue weighted by molar-refractivity contribution is 5.91. The number of carbonyl (C=O) groups excluding carboxylic acids is 2. The zero-order chi connectivity index (χ0) is 21.2. The fourth-order valence-electron chi connectivity index (χ4n) is 2.24. The Labute approximate surface area is 172 Å². The fourth-order valence-corrected chi connectivity index (χ4v) is 2.24. The summed E-state index contributed by atoms with van der Waals surface area (Å²) in [5.74, 6) is 0.619. The van der Waals surface area contributed by atoms with E-state index in [4.69, 9.17) is 14.2 Å². The summed E-state index contributed by atoms with van der Waals surface area (Å²) in [5, 5.41) is 8.12. The van der Waals surface area contributed by atoms with Gasteiger partial charge in [0.15, 0.2) is 0 Å². The highest BCUT2D eigenvalue weighted by atomic mass is 16.5. The largest absolute Gasteiger partial charge is 0.379 e. The fraction of sp³-hybridized carbons (Fsp3) is 0.650. The van der Waals surface area contributed by atoms with Gasteiger partial charge in [-0.15, -0.1) is 0 Å². The quantitative estimate of drug-likeness (QED) is 0.362. The highest BCUT2D eigenvalue weighted by Gasteiger charge is 2.06. The molecule has 1 heterocycles. The zero-order valence-electron chi connectivity index (χ0n) is 17.5. The summed E-state index contributed by atoms with van der Waals surface area (Å²) in [4.78, 5) is 28.0. The van der Waals surface area contributed by atoms with Gasteiger partial charge < -0.3 is 24.8 Å². The van der Waals surface area contributed by atoms with Crippen LogP contribution in [0.25, 0.3) is 0 Å². The molecule has 0 saturated carbocycles. The zero-order valence-corrected chi connectivity index (χ0v) is 17.5. The van der Waals surface area contributed by atoms with Gasteiger partial charge in [0.1, 0.15) is 11.6 Å². The van der Waals surface area contributed by atoms with Gasteiger partial charge in [-0.05, 0) is 31.9 Å². The predicted octanol–water partition coefficient (Wildman–Crippen LogP) is 2.79. The van der Waals surface area contributed by atoms with Crippen LogP contribution in [0.15, 0.2) is 18.2 Å². The number of pyridine rings is 1. The second kappa shape index (κ2) is 16.7. The van der Waals surface area contributed by atoms with Crippen LogP contribution in [0.4, 0.5) is 16.4 Å². The summed E-state index contributed by atoms with van der Waals surface area (Å²) in [6, 6.07) is 4.75. The first-order chi connectivity index (χ1) is 14.2. The van der Waals surface area contributed by atoms with E-state index in [1.165, 1.54) is 0 Å². The van der Waals surface area contributed by atoms with E-state index in [0.717, 1.165) is 12.8 Å². The molecule has 0 unspecified atom stereocenters. The molecule has 0 aliphatic rings. The number of nitrogens with zero attached hydrogens (tertiary/aromatic N) is 1. The number of hydrogen-bond acceptors (Lipinski definition) is 6. The van der Waals surface area contributed by atoms with E-state index in [-0.39, 0.29) is 11.9 Å². The number of nitrogens with one attached hydrogen (secondary N) is 3. The third-order valence-corrected chi connectivity index (χ3v) is 3.71. The van der Waals surface area contributed by atoms with Gasteiger partial charge in [-0.1, -0.05) is 19.4 Å². The normalized spacial score (nSPS) is 10.6. The minimum absolute atomic E-state index is 0.154. The number of amides is 3. The molecule has 3 N–H and O–H groups in total. The molecule has 164 valence electrons. The first kappa shape index (κ1) is 24.8. The van der Waals surface area contributed by atoms with Crippen LogP contribution in [0.5, 0.6) is 0 Å². The van der Waals surface area contributed by atoms with E-state index in [2.05, 4.69) is 27.9 Å². The van der Waals surface area contributed by atoms with Crippen LogP contribution in [0.1, 0.15) is 39.5 Å². The van der Waals surface area contributed by atoms with Gasteiger partial charge in [0.2, 0.25) is 5.91 Å². The van der Waals surface area contributed by atoms with Gasteiger partial charge in [-0.2, -0.15) is 0 Å². The van der Waals surface area contributed by atoms with Crippen molar-refractivity contribution in [3.05, 3.63) is 18.2 Å². The molecule has 0 fully saturated rings. The van der Waals surface area contributed by atoms with Crippen molar-refractivity contribution < 1.29 is 23.8 Å². The Morgan fingerprint density at radius 2 is 1.55 bits per heavy atom. The van der Waals surface area contributed by atoms with Crippen LogP contribution in [-0.4, -0.2) is 63.1 Å². The van der Waals surface area contributed by atoms with E-state index in [9.17, 15) is 9.59 Å². The Morgan fingerprint density at radius 3 is 2.24 bits per heavy atom. The molecule has 0 aromatic carbocycles. The van der Waals surface area contributed by atoms with Crippen molar-refractivity contribution in [2.75, 3.05) is 56.8 Å². The lowest BCUT2D eigenvalue weighted by molar-refractivity contribution is -0.116. The molecular weight excluding hydrogens is 376 g/mol. The van der Waals surface area contributed by atoms with Crippen LogP contribution < -0.4 is 16.0 Å². The maximum absolute atomic E-state index is 12.0. The number of urea groups is 1. The highest BCUT2D eigenvalue weighted by Crippen LogP contribution is 2.09. The Morgan fingerprint density at radius 1 is 0.897 bits per heavy atom. The van der Waals surface area contributed by atoms with Crippen molar-refractivity contribution in [1.29, 1.82) is 0 Å². The molecule has 0 bridgehead atoms. The molecule has 0 atom stereocenters. The van der Waals surface area contributed by atoms with Crippen molar-refractivity contribution >= 4 is 23.6 Å².